The molecule has 2 N–H and O–H groups in total. The zero-order valence-electron chi connectivity index (χ0n) is 11.7. The molecule has 1 fully saturated rings. The molecule has 0 bridgehead atoms. The minimum atomic E-state index is 0.152. The number of thiophene rings is 1. The topological polar surface area (TPSA) is 49.6 Å². The van der Waals surface area contributed by atoms with Gasteiger partial charge in [0, 0.05) is 31.1 Å². The van der Waals surface area contributed by atoms with E-state index in [0.717, 1.165) is 25.9 Å². The molecule has 1 saturated heterocycles. The van der Waals surface area contributed by atoms with Crippen LogP contribution in [0.1, 0.15) is 30.7 Å². The first-order valence-electron chi connectivity index (χ1n) is 6.85. The quantitative estimate of drug-likeness (QED) is 0.913. The van der Waals surface area contributed by atoms with Crippen LogP contribution < -0.4 is 5.73 Å². The molecule has 19 heavy (non-hydrogen) atoms. The maximum Gasteiger partial charge on any atom is 0.237 e. The summed E-state index contributed by atoms with van der Waals surface area (Å²) in [4.78, 5) is 17.6. The summed E-state index contributed by atoms with van der Waals surface area (Å²) in [5, 5.41) is 2.05. The van der Waals surface area contributed by atoms with Crippen molar-refractivity contribution < 1.29 is 4.79 Å². The Morgan fingerprint density at radius 1 is 1.58 bits per heavy atom. The number of amides is 1. The lowest BCUT2D eigenvalue weighted by Crippen LogP contribution is -2.45. The molecule has 1 aromatic rings. The van der Waals surface area contributed by atoms with E-state index in [4.69, 9.17) is 5.73 Å². The maximum absolute atomic E-state index is 12.3. The van der Waals surface area contributed by atoms with Gasteiger partial charge in [0.05, 0.1) is 12.6 Å². The number of nitrogens with zero attached hydrogens (tertiary/aromatic N) is 2. The molecule has 106 valence electrons. The molecular formula is C14H23N3OS. The minimum absolute atomic E-state index is 0.152. The number of likely N-dealkylation sites (tertiary alicyclic amines) is 1. The number of rotatable bonds is 4. The summed E-state index contributed by atoms with van der Waals surface area (Å²) in [5.41, 5.74) is 5.88. The second-order valence-corrected chi connectivity index (χ2v) is 6.29. The highest BCUT2D eigenvalue weighted by atomic mass is 32.1. The molecule has 0 radical (unpaired) electrons. The molecule has 1 aliphatic heterocycles. The zero-order valence-corrected chi connectivity index (χ0v) is 12.5. The number of carbonyl (C=O) groups excluding carboxylic acids is 1. The summed E-state index contributed by atoms with van der Waals surface area (Å²) in [7, 11) is 1.89. The molecule has 2 rings (SSSR count). The van der Waals surface area contributed by atoms with E-state index in [1.807, 2.05) is 18.0 Å². The highest BCUT2D eigenvalue weighted by Crippen LogP contribution is 2.23. The average Bonchev–Trinajstić information content (AvgIpc) is 2.93. The summed E-state index contributed by atoms with van der Waals surface area (Å²) >= 11 is 1.70. The van der Waals surface area contributed by atoms with Gasteiger partial charge in [0.1, 0.15) is 0 Å². The first-order valence-corrected chi connectivity index (χ1v) is 7.73. The van der Waals surface area contributed by atoms with Crippen LogP contribution in [0.25, 0.3) is 0 Å². The lowest BCUT2D eigenvalue weighted by molar-refractivity contribution is -0.133. The van der Waals surface area contributed by atoms with Crippen LogP contribution in [-0.2, 0) is 4.79 Å². The van der Waals surface area contributed by atoms with Gasteiger partial charge in [-0.15, -0.1) is 11.3 Å². The number of likely N-dealkylation sites (N-methyl/N-ethyl adjacent to an activating group) is 1. The largest absolute Gasteiger partial charge is 0.337 e. The predicted octanol–water partition coefficient (Wildman–Crippen LogP) is 1.69. The number of hydrogen-bond donors (Lipinski definition) is 1. The number of nitrogens with two attached hydrogens (primary N) is 1. The van der Waals surface area contributed by atoms with E-state index in [-0.39, 0.29) is 11.9 Å². The fraction of sp³-hybridized carbons (Fsp3) is 0.643. The molecule has 5 heteroatoms. The first kappa shape index (κ1) is 14.5. The van der Waals surface area contributed by atoms with Crippen LogP contribution in [0.5, 0.6) is 0 Å². The first-order chi connectivity index (χ1) is 9.08. The van der Waals surface area contributed by atoms with Crippen LogP contribution in [0.15, 0.2) is 17.5 Å². The second-order valence-electron chi connectivity index (χ2n) is 5.31. The SMILES string of the molecule is CC(c1cccs1)N(C)C(=O)CN1CCC(N)CC1. The highest BCUT2D eigenvalue weighted by Gasteiger charge is 2.22. The third-order valence-electron chi connectivity index (χ3n) is 3.92. The van der Waals surface area contributed by atoms with Gasteiger partial charge in [-0.2, -0.15) is 0 Å². The monoisotopic (exact) mass is 281 g/mol. The van der Waals surface area contributed by atoms with E-state index in [0.29, 0.717) is 12.6 Å². The van der Waals surface area contributed by atoms with Gasteiger partial charge in [0.15, 0.2) is 0 Å². The average molecular weight is 281 g/mol. The van der Waals surface area contributed by atoms with Gasteiger partial charge in [-0.25, -0.2) is 0 Å². The summed E-state index contributed by atoms with van der Waals surface area (Å²) in [6, 6.07) is 4.58. The van der Waals surface area contributed by atoms with Crippen molar-refractivity contribution in [3.05, 3.63) is 22.4 Å². The summed E-state index contributed by atoms with van der Waals surface area (Å²) < 4.78 is 0. The smallest absolute Gasteiger partial charge is 0.237 e. The highest BCUT2D eigenvalue weighted by molar-refractivity contribution is 7.10. The summed E-state index contributed by atoms with van der Waals surface area (Å²) in [6.07, 6.45) is 1.99. The third-order valence-corrected chi connectivity index (χ3v) is 4.96. The second kappa shape index (κ2) is 6.50. The van der Waals surface area contributed by atoms with Gasteiger partial charge in [-0.3, -0.25) is 9.69 Å². The van der Waals surface area contributed by atoms with Crippen LogP contribution in [0.4, 0.5) is 0 Å². The van der Waals surface area contributed by atoms with Gasteiger partial charge in [-0.05, 0) is 31.2 Å². The normalized spacial score (nSPS) is 19.3. The maximum atomic E-state index is 12.3. The Hall–Kier alpha value is -0.910. The molecule has 0 spiro atoms. The third kappa shape index (κ3) is 3.78. The van der Waals surface area contributed by atoms with E-state index < -0.39 is 0 Å². The van der Waals surface area contributed by atoms with Gasteiger partial charge >= 0.3 is 0 Å². The molecular weight excluding hydrogens is 258 g/mol. The minimum Gasteiger partial charge on any atom is -0.337 e. The van der Waals surface area contributed by atoms with E-state index in [2.05, 4.69) is 23.3 Å². The van der Waals surface area contributed by atoms with Gasteiger partial charge in [0.2, 0.25) is 5.91 Å². The molecule has 1 aromatic heterocycles. The van der Waals surface area contributed by atoms with Crippen LogP contribution in [0.2, 0.25) is 0 Å². The number of hydrogen-bond acceptors (Lipinski definition) is 4. The van der Waals surface area contributed by atoms with Crippen molar-refractivity contribution in [2.45, 2.75) is 31.8 Å². The fourth-order valence-corrected chi connectivity index (χ4v) is 3.18. The van der Waals surface area contributed by atoms with Crippen molar-refractivity contribution >= 4 is 17.2 Å². The molecule has 4 nitrogen and oxygen atoms in total. The van der Waals surface area contributed by atoms with Crippen molar-refractivity contribution in [2.24, 2.45) is 5.73 Å². The van der Waals surface area contributed by atoms with E-state index >= 15 is 0 Å². The van der Waals surface area contributed by atoms with Crippen molar-refractivity contribution in [1.29, 1.82) is 0 Å². The van der Waals surface area contributed by atoms with Crippen LogP contribution in [-0.4, -0.2) is 48.4 Å². The van der Waals surface area contributed by atoms with Crippen LogP contribution >= 0.6 is 11.3 Å². The molecule has 1 atom stereocenters. The molecule has 1 unspecified atom stereocenters. The molecule has 1 amide bonds. The number of carbonyl (C=O) groups is 1. The summed E-state index contributed by atoms with van der Waals surface area (Å²) in [5.74, 6) is 0.191. The molecule has 0 aliphatic carbocycles. The van der Waals surface area contributed by atoms with Crippen molar-refractivity contribution in [3.63, 3.8) is 0 Å². The molecule has 2 heterocycles. The van der Waals surface area contributed by atoms with E-state index in [1.165, 1.54) is 4.88 Å². The summed E-state index contributed by atoms with van der Waals surface area (Å²) in [6.45, 7) is 4.47. The van der Waals surface area contributed by atoms with Crippen molar-refractivity contribution in [2.75, 3.05) is 26.7 Å². The van der Waals surface area contributed by atoms with Gasteiger partial charge in [-0.1, -0.05) is 6.07 Å². The molecule has 0 aromatic carbocycles. The Bertz CT molecular complexity index is 399. The fourth-order valence-electron chi connectivity index (χ4n) is 2.35. The molecule has 1 aliphatic rings. The van der Waals surface area contributed by atoms with Gasteiger partial charge < -0.3 is 10.6 Å². The Balaban J connectivity index is 1.85. The van der Waals surface area contributed by atoms with E-state index in [1.54, 1.807) is 11.3 Å². The Morgan fingerprint density at radius 2 is 2.26 bits per heavy atom. The van der Waals surface area contributed by atoms with E-state index in [9.17, 15) is 4.79 Å². The zero-order chi connectivity index (χ0) is 13.8. The lowest BCUT2D eigenvalue weighted by Gasteiger charge is -2.32. The Kier molecular flexibility index (Phi) is 4.96. The van der Waals surface area contributed by atoms with Crippen LogP contribution in [0, 0.1) is 0 Å². The molecule has 0 saturated carbocycles. The number of piperidine rings is 1. The Morgan fingerprint density at radius 3 is 2.84 bits per heavy atom. The standard InChI is InChI=1S/C14H23N3OS/c1-11(13-4-3-9-19-13)16(2)14(18)10-17-7-5-12(15)6-8-17/h3-4,9,11-12H,5-8,10,15H2,1-2H3. The van der Waals surface area contributed by atoms with Crippen molar-refractivity contribution in [3.8, 4) is 0 Å². The van der Waals surface area contributed by atoms with Crippen LogP contribution in [0.3, 0.4) is 0 Å². The Labute approximate surface area is 119 Å². The van der Waals surface area contributed by atoms with Crippen molar-refractivity contribution in [1.82, 2.24) is 9.80 Å². The lowest BCUT2D eigenvalue weighted by atomic mass is 10.1. The van der Waals surface area contributed by atoms with Gasteiger partial charge in [0.25, 0.3) is 0 Å². The predicted molar refractivity (Wildman–Crippen MR) is 79.2 cm³/mol.